The average Bonchev–Trinajstić information content (AvgIpc) is 3.41. The zero-order valence-corrected chi connectivity index (χ0v) is 22.8. The fourth-order valence-electron chi connectivity index (χ4n) is 9.44. The van der Waals surface area contributed by atoms with E-state index in [-0.39, 0.29) is 47.3 Å². The van der Waals surface area contributed by atoms with Crippen molar-refractivity contribution in [3.8, 4) is 0 Å². The fourth-order valence-corrected chi connectivity index (χ4v) is 9.44. The van der Waals surface area contributed by atoms with Crippen LogP contribution in [0.25, 0.3) is 0 Å². The van der Waals surface area contributed by atoms with Gasteiger partial charge in [-0.1, -0.05) is 19.9 Å². The minimum atomic E-state index is -0.763. The molecule has 0 amide bonds. The fraction of sp³-hybridized carbons (Fsp3) is 0.833. The number of fused-ring (bicyclic) bond motifs is 5. The standard InChI is InChI=1S/C30H44O7/c1-17-27(32)24(34-4)15-26(36-17)37-20-7-10-28(2)19(14-20)5-6-23-22(28)8-11-29(3)21(9-12-30(23,29)33)18-13-25(31)35-16-18/h9,13,17,19-20,22-24,26-27,32-33H,5-8,10-12,14-16H2,1-4H3. The van der Waals surface area contributed by atoms with E-state index in [0.29, 0.717) is 31.3 Å². The number of carbonyl (C=O) groups excluding carboxylic acids is 1. The summed E-state index contributed by atoms with van der Waals surface area (Å²) in [5.41, 5.74) is 1.21. The molecule has 2 aliphatic heterocycles. The van der Waals surface area contributed by atoms with Crippen LogP contribution in [0.2, 0.25) is 0 Å². The van der Waals surface area contributed by atoms with Gasteiger partial charge >= 0.3 is 5.97 Å². The van der Waals surface area contributed by atoms with Crippen LogP contribution in [0.3, 0.4) is 0 Å². The van der Waals surface area contributed by atoms with Crippen molar-refractivity contribution in [3.05, 3.63) is 23.3 Å². The molecule has 6 aliphatic rings. The van der Waals surface area contributed by atoms with Crippen molar-refractivity contribution < 1.29 is 34.0 Å². The molecule has 7 heteroatoms. The molecule has 0 bridgehead atoms. The summed E-state index contributed by atoms with van der Waals surface area (Å²) in [4.78, 5) is 11.8. The summed E-state index contributed by atoms with van der Waals surface area (Å²) in [6, 6.07) is 0. The highest BCUT2D eigenvalue weighted by atomic mass is 16.7. The van der Waals surface area contributed by atoms with Crippen molar-refractivity contribution in [2.24, 2.45) is 28.6 Å². The molecule has 1 saturated heterocycles. The van der Waals surface area contributed by atoms with E-state index in [1.54, 1.807) is 13.2 Å². The van der Waals surface area contributed by atoms with Gasteiger partial charge in [0.2, 0.25) is 0 Å². The summed E-state index contributed by atoms with van der Waals surface area (Å²) in [7, 11) is 1.64. The summed E-state index contributed by atoms with van der Waals surface area (Å²) in [5.74, 6) is 1.07. The molecule has 2 heterocycles. The van der Waals surface area contributed by atoms with Gasteiger partial charge in [-0.15, -0.1) is 0 Å². The first-order valence-corrected chi connectivity index (χ1v) is 14.4. The Balaban J connectivity index is 1.15. The Morgan fingerprint density at radius 2 is 1.89 bits per heavy atom. The summed E-state index contributed by atoms with van der Waals surface area (Å²) < 4.78 is 23.2. The van der Waals surface area contributed by atoms with Crippen molar-refractivity contribution in [1.82, 2.24) is 0 Å². The number of carbonyl (C=O) groups is 1. The van der Waals surface area contributed by atoms with Crippen LogP contribution in [-0.2, 0) is 23.7 Å². The lowest BCUT2D eigenvalue weighted by atomic mass is 9.43. The van der Waals surface area contributed by atoms with Gasteiger partial charge in [-0.2, -0.15) is 0 Å². The average molecular weight is 517 g/mol. The Bertz CT molecular complexity index is 990. The number of methoxy groups -OCH3 is 1. The number of hydrogen-bond donors (Lipinski definition) is 2. The van der Waals surface area contributed by atoms with E-state index in [4.69, 9.17) is 18.9 Å². The number of ether oxygens (including phenoxy) is 4. The molecule has 4 aliphatic carbocycles. The Morgan fingerprint density at radius 1 is 1.08 bits per heavy atom. The van der Waals surface area contributed by atoms with Gasteiger partial charge in [0, 0.05) is 30.6 Å². The number of hydrogen-bond acceptors (Lipinski definition) is 7. The van der Waals surface area contributed by atoms with Crippen LogP contribution >= 0.6 is 0 Å². The van der Waals surface area contributed by atoms with E-state index in [0.717, 1.165) is 56.1 Å². The van der Waals surface area contributed by atoms with Crippen molar-refractivity contribution in [2.75, 3.05) is 13.7 Å². The maximum atomic E-state index is 12.4. The van der Waals surface area contributed by atoms with E-state index in [2.05, 4.69) is 19.9 Å². The molecule has 3 saturated carbocycles. The lowest BCUT2D eigenvalue weighted by molar-refractivity contribution is -0.273. The highest BCUT2D eigenvalue weighted by Gasteiger charge is 2.65. The molecule has 206 valence electrons. The lowest BCUT2D eigenvalue weighted by Gasteiger charge is -2.63. The normalized spacial score (nSPS) is 51.5. The molecule has 0 spiro atoms. The van der Waals surface area contributed by atoms with Crippen LogP contribution in [-0.4, -0.2) is 66.2 Å². The molecule has 7 nitrogen and oxygen atoms in total. The van der Waals surface area contributed by atoms with Gasteiger partial charge < -0.3 is 29.2 Å². The topological polar surface area (TPSA) is 94.5 Å². The minimum absolute atomic E-state index is 0.156. The lowest BCUT2D eigenvalue weighted by Crippen LogP contribution is -2.62. The Kier molecular flexibility index (Phi) is 6.43. The quantitative estimate of drug-likeness (QED) is 0.430. The zero-order chi connectivity index (χ0) is 26.2. The number of esters is 1. The SMILES string of the molecule is COC1CC(OC2CCC3(C)C(CCC4C3CCC3(C)C(C5=CC(=O)OC5)=CCC43O)C2)OC(C)C1O. The molecular weight excluding hydrogens is 472 g/mol. The maximum Gasteiger partial charge on any atom is 0.331 e. The highest BCUT2D eigenvalue weighted by molar-refractivity contribution is 5.86. The molecule has 11 unspecified atom stereocenters. The summed E-state index contributed by atoms with van der Waals surface area (Å²) in [5, 5.41) is 22.7. The largest absolute Gasteiger partial charge is 0.458 e. The number of aliphatic hydroxyl groups is 2. The molecule has 37 heavy (non-hydrogen) atoms. The van der Waals surface area contributed by atoms with E-state index >= 15 is 0 Å². The van der Waals surface area contributed by atoms with Crippen LogP contribution in [0.1, 0.15) is 78.6 Å². The number of aliphatic hydroxyl groups excluding tert-OH is 1. The van der Waals surface area contributed by atoms with Crippen LogP contribution < -0.4 is 0 Å². The second-order valence-corrected chi connectivity index (χ2v) is 13.2. The minimum Gasteiger partial charge on any atom is -0.458 e. The first kappa shape index (κ1) is 26.0. The summed E-state index contributed by atoms with van der Waals surface area (Å²) in [6.07, 6.45) is 11.0. The smallest absolute Gasteiger partial charge is 0.331 e. The van der Waals surface area contributed by atoms with Crippen molar-refractivity contribution in [2.45, 2.75) is 115 Å². The van der Waals surface area contributed by atoms with Gasteiger partial charge in [0.05, 0.1) is 23.9 Å². The third-order valence-electron chi connectivity index (χ3n) is 11.7. The summed E-state index contributed by atoms with van der Waals surface area (Å²) in [6.45, 7) is 6.91. The first-order valence-electron chi connectivity index (χ1n) is 14.4. The van der Waals surface area contributed by atoms with Gasteiger partial charge in [0.15, 0.2) is 6.29 Å². The molecule has 11 atom stereocenters. The Hall–Kier alpha value is -1.25. The van der Waals surface area contributed by atoms with Crippen LogP contribution in [0.4, 0.5) is 0 Å². The predicted molar refractivity (Wildman–Crippen MR) is 136 cm³/mol. The second-order valence-electron chi connectivity index (χ2n) is 13.2. The second kappa shape index (κ2) is 9.16. The van der Waals surface area contributed by atoms with Crippen LogP contribution in [0.15, 0.2) is 23.3 Å². The molecule has 0 aromatic heterocycles. The van der Waals surface area contributed by atoms with E-state index in [1.165, 1.54) is 0 Å². The zero-order valence-electron chi connectivity index (χ0n) is 22.8. The Morgan fingerprint density at radius 3 is 2.62 bits per heavy atom. The molecule has 0 aromatic carbocycles. The molecule has 0 radical (unpaired) electrons. The van der Waals surface area contributed by atoms with Crippen LogP contribution in [0, 0.1) is 28.6 Å². The first-order chi connectivity index (χ1) is 17.6. The molecule has 4 fully saturated rings. The maximum absolute atomic E-state index is 12.4. The molecular formula is C30H44O7. The number of cyclic esters (lactones) is 1. The highest BCUT2D eigenvalue weighted by Crippen LogP contribution is 2.68. The summed E-state index contributed by atoms with van der Waals surface area (Å²) >= 11 is 0. The molecule has 6 rings (SSSR count). The monoisotopic (exact) mass is 516 g/mol. The van der Waals surface area contributed by atoms with Crippen LogP contribution in [0.5, 0.6) is 0 Å². The third-order valence-corrected chi connectivity index (χ3v) is 11.7. The van der Waals surface area contributed by atoms with Gasteiger partial charge in [-0.3, -0.25) is 0 Å². The van der Waals surface area contributed by atoms with E-state index in [9.17, 15) is 15.0 Å². The van der Waals surface area contributed by atoms with E-state index in [1.807, 2.05) is 6.92 Å². The molecule has 0 aromatic rings. The Labute approximate surface area is 220 Å². The van der Waals surface area contributed by atoms with Crippen molar-refractivity contribution >= 4 is 5.97 Å². The van der Waals surface area contributed by atoms with Gasteiger partial charge in [-0.25, -0.2) is 4.79 Å². The van der Waals surface area contributed by atoms with Gasteiger partial charge in [0.1, 0.15) is 12.7 Å². The molecule has 2 N–H and O–H groups in total. The van der Waals surface area contributed by atoms with Crippen molar-refractivity contribution in [1.29, 1.82) is 0 Å². The number of rotatable bonds is 4. The third kappa shape index (κ3) is 3.90. The van der Waals surface area contributed by atoms with Crippen molar-refractivity contribution in [3.63, 3.8) is 0 Å². The van der Waals surface area contributed by atoms with Gasteiger partial charge in [-0.05, 0) is 87.0 Å². The predicted octanol–water partition coefficient (Wildman–Crippen LogP) is 4.06. The van der Waals surface area contributed by atoms with Gasteiger partial charge in [0.25, 0.3) is 0 Å². The van der Waals surface area contributed by atoms with E-state index < -0.39 is 11.7 Å².